The first-order chi connectivity index (χ1) is 5.46. The normalized spacial score (nSPS) is 10.3. The van der Waals surface area contributed by atoms with E-state index in [4.69, 9.17) is 23.1 Å². The Hall–Kier alpha value is -0.890. The van der Waals surface area contributed by atoms with E-state index in [-0.39, 0.29) is 0 Å². The van der Waals surface area contributed by atoms with Crippen molar-refractivity contribution in [3.8, 4) is 0 Å². The van der Waals surface area contributed by atoms with Crippen molar-refractivity contribution < 1.29 is 0 Å². The zero-order valence-corrected chi connectivity index (χ0v) is 8.29. The summed E-state index contributed by atoms with van der Waals surface area (Å²) in [7, 11) is 0. The summed E-state index contributed by atoms with van der Waals surface area (Å²) in [6, 6.07) is 0. The van der Waals surface area contributed by atoms with E-state index in [0.29, 0.717) is 11.4 Å². The van der Waals surface area contributed by atoms with Gasteiger partial charge in [0.1, 0.15) is 0 Å². The van der Waals surface area contributed by atoms with Gasteiger partial charge in [0.15, 0.2) is 0 Å². The summed E-state index contributed by atoms with van der Waals surface area (Å²) in [6.45, 7) is 5.74. The zero-order chi connectivity index (χ0) is 9.46. The van der Waals surface area contributed by atoms with E-state index < -0.39 is 0 Å². The van der Waals surface area contributed by atoms with Crippen molar-refractivity contribution in [3.63, 3.8) is 0 Å². The van der Waals surface area contributed by atoms with E-state index in [1.807, 2.05) is 20.8 Å². The highest BCUT2D eigenvalue weighted by Gasteiger charge is 2.10. The number of halogens is 1. The van der Waals surface area contributed by atoms with Crippen LogP contribution in [0.5, 0.6) is 0 Å². The van der Waals surface area contributed by atoms with Gasteiger partial charge in [-0.05, 0) is 37.5 Å². The summed E-state index contributed by atoms with van der Waals surface area (Å²) >= 11 is 6.02. The smallest absolute Gasteiger partial charge is 0.0595 e. The fraction of sp³-hybridized carbons (Fsp3) is 0.333. The van der Waals surface area contributed by atoms with Crippen LogP contribution in [-0.4, -0.2) is 0 Å². The van der Waals surface area contributed by atoms with Crippen molar-refractivity contribution in [1.82, 2.24) is 0 Å². The van der Waals surface area contributed by atoms with Crippen LogP contribution in [0.25, 0.3) is 0 Å². The Labute approximate surface area is 77.5 Å². The Morgan fingerprint density at radius 1 is 0.833 bits per heavy atom. The lowest BCUT2D eigenvalue weighted by atomic mass is 10.0. The van der Waals surface area contributed by atoms with Crippen molar-refractivity contribution in [2.45, 2.75) is 20.8 Å². The Balaban J connectivity index is 3.60. The van der Waals surface area contributed by atoms with Gasteiger partial charge in [0.25, 0.3) is 0 Å². The number of nitrogen functional groups attached to an aromatic ring is 2. The summed E-state index contributed by atoms with van der Waals surface area (Å²) in [4.78, 5) is 0. The molecule has 0 aliphatic heterocycles. The lowest BCUT2D eigenvalue weighted by Crippen LogP contribution is -2.02. The van der Waals surface area contributed by atoms with Gasteiger partial charge in [-0.1, -0.05) is 11.6 Å². The summed E-state index contributed by atoms with van der Waals surface area (Å²) in [6.07, 6.45) is 0. The first-order valence-electron chi connectivity index (χ1n) is 3.77. The van der Waals surface area contributed by atoms with Crippen LogP contribution >= 0.6 is 11.6 Å². The van der Waals surface area contributed by atoms with Crippen molar-refractivity contribution in [2.75, 3.05) is 11.5 Å². The van der Waals surface area contributed by atoms with E-state index in [1.54, 1.807) is 0 Å². The molecule has 0 saturated carbocycles. The van der Waals surface area contributed by atoms with Crippen LogP contribution in [-0.2, 0) is 0 Å². The molecule has 0 spiro atoms. The van der Waals surface area contributed by atoms with E-state index in [2.05, 4.69) is 0 Å². The highest BCUT2D eigenvalue weighted by Crippen LogP contribution is 2.33. The maximum atomic E-state index is 6.02. The average molecular weight is 185 g/mol. The monoisotopic (exact) mass is 184 g/mol. The van der Waals surface area contributed by atoms with Crippen LogP contribution in [0.4, 0.5) is 11.4 Å². The SMILES string of the molecule is Cc1c(C)c(Cl)c(C)c(N)c1N. The minimum absolute atomic E-state index is 0.600. The van der Waals surface area contributed by atoms with Gasteiger partial charge in [0.05, 0.1) is 11.4 Å². The molecule has 0 fully saturated rings. The van der Waals surface area contributed by atoms with E-state index in [1.165, 1.54) is 0 Å². The Morgan fingerprint density at radius 2 is 1.25 bits per heavy atom. The largest absolute Gasteiger partial charge is 0.397 e. The lowest BCUT2D eigenvalue weighted by Gasteiger charge is -2.13. The molecule has 0 aliphatic rings. The maximum absolute atomic E-state index is 6.02. The van der Waals surface area contributed by atoms with Crippen molar-refractivity contribution in [1.29, 1.82) is 0 Å². The first kappa shape index (κ1) is 9.20. The van der Waals surface area contributed by atoms with Gasteiger partial charge in [0.2, 0.25) is 0 Å². The maximum Gasteiger partial charge on any atom is 0.0595 e. The molecule has 66 valence electrons. The van der Waals surface area contributed by atoms with E-state index in [9.17, 15) is 0 Å². The Kier molecular flexibility index (Phi) is 2.20. The fourth-order valence-electron chi connectivity index (χ4n) is 1.17. The van der Waals surface area contributed by atoms with Crippen LogP contribution in [0.3, 0.4) is 0 Å². The second-order valence-electron chi connectivity index (χ2n) is 3.02. The third-order valence-electron chi connectivity index (χ3n) is 2.32. The molecule has 0 saturated heterocycles. The highest BCUT2D eigenvalue weighted by atomic mass is 35.5. The Morgan fingerprint density at radius 3 is 1.75 bits per heavy atom. The standard InChI is InChI=1S/C9H13ClN2/c1-4-5(2)8(11)9(12)6(3)7(4)10/h11-12H2,1-3H3. The molecule has 2 nitrogen and oxygen atoms in total. The third-order valence-corrected chi connectivity index (χ3v) is 2.89. The van der Waals surface area contributed by atoms with E-state index in [0.717, 1.165) is 21.7 Å². The van der Waals surface area contributed by atoms with Gasteiger partial charge in [-0.3, -0.25) is 0 Å². The van der Waals surface area contributed by atoms with Crippen LogP contribution in [0.2, 0.25) is 5.02 Å². The molecule has 0 amide bonds. The Bertz CT molecular complexity index is 227. The van der Waals surface area contributed by atoms with Gasteiger partial charge >= 0.3 is 0 Å². The minimum Gasteiger partial charge on any atom is -0.397 e. The van der Waals surface area contributed by atoms with Crippen LogP contribution < -0.4 is 11.5 Å². The summed E-state index contributed by atoms with van der Waals surface area (Å²) < 4.78 is 0. The molecule has 1 aromatic carbocycles. The highest BCUT2D eigenvalue weighted by molar-refractivity contribution is 6.32. The molecule has 0 atom stereocenters. The number of benzene rings is 1. The predicted octanol–water partition coefficient (Wildman–Crippen LogP) is 2.43. The molecule has 4 N–H and O–H groups in total. The molecular weight excluding hydrogens is 172 g/mol. The number of hydrogen-bond donors (Lipinski definition) is 2. The van der Waals surface area contributed by atoms with Gasteiger partial charge < -0.3 is 11.5 Å². The van der Waals surface area contributed by atoms with Gasteiger partial charge in [-0.25, -0.2) is 0 Å². The summed E-state index contributed by atoms with van der Waals surface area (Å²) in [5.74, 6) is 0. The van der Waals surface area contributed by atoms with Gasteiger partial charge in [0, 0.05) is 5.02 Å². The molecule has 0 unspecified atom stereocenters. The fourth-order valence-corrected chi connectivity index (χ4v) is 1.41. The van der Waals surface area contributed by atoms with Crippen LogP contribution in [0, 0.1) is 20.8 Å². The molecule has 0 bridgehead atoms. The first-order valence-corrected chi connectivity index (χ1v) is 4.14. The number of hydrogen-bond acceptors (Lipinski definition) is 2. The molecule has 12 heavy (non-hydrogen) atoms. The lowest BCUT2D eigenvalue weighted by molar-refractivity contribution is 1.31. The predicted molar refractivity (Wildman–Crippen MR) is 54.5 cm³/mol. The molecule has 0 radical (unpaired) electrons. The van der Waals surface area contributed by atoms with Gasteiger partial charge in [-0.2, -0.15) is 0 Å². The number of anilines is 2. The quantitative estimate of drug-likeness (QED) is 0.609. The van der Waals surface area contributed by atoms with E-state index >= 15 is 0 Å². The van der Waals surface area contributed by atoms with Crippen molar-refractivity contribution in [3.05, 3.63) is 21.7 Å². The molecule has 3 heteroatoms. The minimum atomic E-state index is 0.600. The number of rotatable bonds is 0. The molecule has 0 heterocycles. The summed E-state index contributed by atoms with van der Waals surface area (Å²) in [5, 5.41) is 0.721. The topological polar surface area (TPSA) is 52.0 Å². The van der Waals surface area contributed by atoms with Crippen LogP contribution in [0.1, 0.15) is 16.7 Å². The molecular formula is C9H13ClN2. The molecule has 0 aliphatic carbocycles. The molecule has 0 aromatic heterocycles. The number of nitrogens with two attached hydrogens (primary N) is 2. The van der Waals surface area contributed by atoms with Gasteiger partial charge in [-0.15, -0.1) is 0 Å². The van der Waals surface area contributed by atoms with Crippen molar-refractivity contribution in [2.24, 2.45) is 0 Å². The average Bonchev–Trinajstić information content (AvgIpc) is 2.08. The second-order valence-corrected chi connectivity index (χ2v) is 3.39. The summed E-state index contributed by atoms with van der Waals surface area (Å²) in [5.41, 5.74) is 15.6. The zero-order valence-electron chi connectivity index (χ0n) is 7.53. The van der Waals surface area contributed by atoms with Crippen molar-refractivity contribution >= 4 is 23.0 Å². The molecule has 1 rings (SSSR count). The third kappa shape index (κ3) is 1.12. The second kappa shape index (κ2) is 2.87. The molecule has 1 aromatic rings. The van der Waals surface area contributed by atoms with Crippen LogP contribution in [0.15, 0.2) is 0 Å².